The van der Waals surface area contributed by atoms with Crippen LogP contribution in [0.5, 0.6) is 0 Å². The Labute approximate surface area is 214 Å². The van der Waals surface area contributed by atoms with Gasteiger partial charge in [0.2, 0.25) is 0 Å². The monoisotopic (exact) mass is 529 g/mol. The highest BCUT2D eigenvalue weighted by molar-refractivity contribution is 5.96. The molecule has 0 heterocycles. The summed E-state index contributed by atoms with van der Waals surface area (Å²) in [6.45, 7) is 6.46. The molecule has 2 aromatic carbocycles. The molecular weight excluding hydrogens is 495 g/mol. The third kappa shape index (κ3) is 12.9. The van der Waals surface area contributed by atoms with Gasteiger partial charge in [-0.1, -0.05) is 18.2 Å². The fourth-order valence-electron chi connectivity index (χ4n) is 2.99. The van der Waals surface area contributed by atoms with Crippen molar-refractivity contribution in [1.82, 2.24) is 0 Å². The predicted molar refractivity (Wildman–Crippen MR) is 131 cm³/mol. The molecule has 0 aliphatic heterocycles. The van der Waals surface area contributed by atoms with Crippen molar-refractivity contribution in [3.05, 3.63) is 59.7 Å². The molecule has 8 nitrogen and oxygen atoms in total. The molecule has 0 unspecified atom stereocenters. The van der Waals surface area contributed by atoms with Crippen molar-refractivity contribution in [2.45, 2.75) is 13.1 Å². The number of carbonyl (C=O) groups excluding carboxylic acids is 1. The van der Waals surface area contributed by atoms with E-state index < -0.39 is 17.7 Å². The first kappa shape index (κ1) is 30.5. The molecular formula is C26H34F3NO7. The van der Waals surface area contributed by atoms with E-state index in [1.54, 1.807) is 18.2 Å². The number of halogens is 3. The van der Waals surface area contributed by atoms with Crippen LogP contribution in [0.2, 0.25) is 0 Å². The van der Waals surface area contributed by atoms with Crippen LogP contribution in [-0.4, -0.2) is 78.6 Å². The number of ether oxygens (including phenoxy) is 6. The number of alkyl halides is 3. The highest BCUT2D eigenvalue weighted by Gasteiger charge is 2.30. The first-order valence-corrected chi connectivity index (χ1v) is 12.0. The molecule has 0 saturated heterocycles. The molecule has 2 rings (SSSR count). The van der Waals surface area contributed by atoms with Crippen LogP contribution in [0.1, 0.15) is 22.8 Å². The van der Waals surface area contributed by atoms with Gasteiger partial charge in [-0.15, -0.1) is 0 Å². The number of nitrogens with one attached hydrogen (secondary N) is 1. The third-order valence-electron chi connectivity index (χ3n) is 4.77. The maximum Gasteiger partial charge on any atom is 0.416 e. The van der Waals surface area contributed by atoms with Gasteiger partial charge in [-0.05, 0) is 37.3 Å². The Balaban J connectivity index is 1.58. The van der Waals surface area contributed by atoms with Crippen molar-refractivity contribution in [2.75, 3.05) is 78.0 Å². The topological polar surface area (TPSA) is 84.5 Å². The summed E-state index contributed by atoms with van der Waals surface area (Å²) in [6.07, 6.45) is -4.46. The second-order valence-corrected chi connectivity index (χ2v) is 7.53. The molecule has 0 saturated carbocycles. The molecule has 37 heavy (non-hydrogen) atoms. The SMILES string of the molecule is CCOCCOCCOCCOCCOCCOC(=O)c1ccccc1Nc1cccc(C(F)(F)F)c1. The number of benzene rings is 2. The summed E-state index contributed by atoms with van der Waals surface area (Å²) in [5.41, 5.74) is -0.0529. The zero-order valence-electron chi connectivity index (χ0n) is 20.9. The van der Waals surface area contributed by atoms with Crippen LogP contribution in [0.15, 0.2) is 48.5 Å². The fourth-order valence-corrected chi connectivity index (χ4v) is 2.99. The Bertz CT molecular complexity index is 912. The summed E-state index contributed by atoms with van der Waals surface area (Å²) in [4.78, 5) is 12.5. The lowest BCUT2D eigenvalue weighted by atomic mass is 10.1. The summed E-state index contributed by atoms with van der Waals surface area (Å²) in [7, 11) is 0. The van der Waals surface area contributed by atoms with Gasteiger partial charge in [0.1, 0.15) is 6.61 Å². The minimum Gasteiger partial charge on any atom is -0.460 e. The van der Waals surface area contributed by atoms with Gasteiger partial charge in [0.05, 0.1) is 76.3 Å². The largest absolute Gasteiger partial charge is 0.460 e. The summed E-state index contributed by atoms with van der Waals surface area (Å²) < 4.78 is 70.8. The van der Waals surface area contributed by atoms with Crippen LogP contribution in [0.3, 0.4) is 0 Å². The smallest absolute Gasteiger partial charge is 0.416 e. The maximum absolute atomic E-state index is 13.0. The maximum atomic E-state index is 13.0. The molecule has 0 aromatic heterocycles. The lowest BCUT2D eigenvalue weighted by Gasteiger charge is -2.13. The number of para-hydroxylation sites is 1. The molecule has 0 fully saturated rings. The van der Waals surface area contributed by atoms with Gasteiger partial charge in [0, 0.05) is 12.3 Å². The molecule has 0 spiro atoms. The first-order valence-electron chi connectivity index (χ1n) is 12.0. The predicted octanol–water partition coefficient (Wildman–Crippen LogP) is 4.71. The van der Waals surface area contributed by atoms with E-state index in [0.29, 0.717) is 65.1 Å². The lowest BCUT2D eigenvalue weighted by Crippen LogP contribution is -2.15. The van der Waals surface area contributed by atoms with Crippen molar-refractivity contribution in [3.63, 3.8) is 0 Å². The molecule has 206 valence electrons. The van der Waals surface area contributed by atoms with Gasteiger partial charge in [0.25, 0.3) is 0 Å². The Morgan fingerprint density at radius 3 is 1.84 bits per heavy atom. The highest BCUT2D eigenvalue weighted by Crippen LogP contribution is 2.32. The average molecular weight is 530 g/mol. The standard InChI is InChI=1S/C26H34F3NO7/c1-2-32-10-11-33-12-13-34-14-15-35-16-17-36-18-19-37-25(31)23-8-3-4-9-24(23)30-22-7-5-6-21(20-22)26(27,28)29/h3-9,20,30H,2,10-19H2,1H3. The molecule has 1 N–H and O–H groups in total. The fraction of sp³-hybridized carbons (Fsp3) is 0.500. The first-order chi connectivity index (χ1) is 17.9. The van der Waals surface area contributed by atoms with Gasteiger partial charge < -0.3 is 33.7 Å². The summed E-state index contributed by atoms with van der Waals surface area (Å²) in [6, 6.07) is 11.2. The van der Waals surface area contributed by atoms with E-state index in [2.05, 4.69) is 5.32 Å². The zero-order chi connectivity index (χ0) is 26.8. The van der Waals surface area contributed by atoms with E-state index in [4.69, 9.17) is 28.4 Å². The molecule has 0 bridgehead atoms. The molecule has 11 heteroatoms. The van der Waals surface area contributed by atoms with Gasteiger partial charge >= 0.3 is 12.1 Å². The number of anilines is 2. The van der Waals surface area contributed by atoms with E-state index >= 15 is 0 Å². The average Bonchev–Trinajstić information content (AvgIpc) is 2.88. The number of esters is 1. The van der Waals surface area contributed by atoms with E-state index in [0.717, 1.165) is 12.1 Å². The van der Waals surface area contributed by atoms with Gasteiger partial charge in [-0.3, -0.25) is 0 Å². The zero-order valence-corrected chi connectivity index (χ0v) is 20.9. The van der Waals surface area contributed by atoms with Crippen molar-refractivity contribution >= 4 is 17.3 Å². The lowest BCUT2D eigenvalue weighted by molar-refractivity contribution is -0.137. The minimum atomic E-state index is -4.46. The summed E-state index contributed by atoms with van der Waals surface area (Å²) >= 11 is 0. The Morgan fingerprint density at radius 1 is 0.730 bits per heavy atom. The quantitative estimate of drug-likeness (QED) is 0.207. The number of rotatable bonds is 19. The van der Waals surface area contributed by atoms with Gasteiger partial charge in [0.15, 0.2) is 0 Å². The van der Waals surface area contributed by atoms with Crippen LogP contribution >= 0.6 is 0 Å². The second-order valence-electron chi connectivity index (χ2n) is 7.53. The Kier molecular flexibility index (Phi) is 14.6. The molecule has 0 radical (unpaired) electrons. The van der Waals surface area contributed by atoms with Crippen molar-refractivity contribution in [3.8, 4) is 0 Å². The normalized spacial score (nSPS) is 11.5. The second kappa shape index (κ2) is 17.7. The highest BCUT2D eigenvalue weighted by atomic mass is 19.4. The number of hydrogen-bond acceptors (Lipinski definition) is 8. The number of hydrogen-bond donors (Lipinski definition) is 1. The van der Waals surface area contributed by atoms with Crippen LogP contribution in [0.4, 0.5) is 24.5 Å². The molecule has 0 aliphatic carbocycles. The van der Waals surface area contributed by atoms with Crippen LogP contribution in [-0.2, 0) is 34.6 Å². The molecule has 0 amide bonds. The van der Waals surface area contributed by atoms with Crippen LogP contribution < -0.4 is 5.32 Å². The van der Waals surface area contributed by atoms with E-state index in [-0.39, 0.29) is 24.5 Å². The third-order valence-corrected chi connectivity index (χ3v) is 4.77. The number of carbonyl (C=O) groups is 1. The van der Waals surface area contributed by atoms with Gasteiger partial charge in [-0.25, -0.2) is 4.79 Å². The minimum absolute atomic E-state index is 0.0170. The van der Waals surface area contributed by atoms with E-state index in [1.165, 1.54) is 18.2 Å². The van der Waals surface area contributed by atoms with E-state index in [9.17, 15) is 18.0 Å². The molecule has 0 aliphatic rings. The Hall–Kier alpha value is -2.70. The van der Waals surface area contributed by atoms with E-state index in [1.807, 2.05) is 6.92 Å². The summed E-state index contributed by atoms with van der Waals surface area (Å²) in [5, 5.41) is 2.85. The molecule has 2 aromatic rings. The Morgan fingerprint density at radius 2 is 1.27 bits per heavy atom. The van der Waals surface area contributed by atoms with Crippen LogP contribution in [0, 0.1) is 0 Å². The van der Waals surface area contributed by atoms with Crippen molar-refractivity contribution < 1.29 is 46.4 Å². The van der Waals surface area contributed by atoms with Crippen molar-refractivity contribution in [2.24, 2.45) is 0 Å². The van der Waals surface area contributed by atoms with Crippen LogP contribution in [0.25, 0.3) is 0 Å². The molecule has 0 atom stereocenters. The van der Waals surface area contributed by atoms with Crippen molar-refractivity contribution in [1.29, 1.82) is 0 Å². The van der Waals surface area contributed by atoms with Gasteiger partial charge in [-0.2, -0.15) is 13.2 Å². The summed E-state index contributed by atoms with van der Waals surface area (Å²) in [5.74, 6) is -0.617.